The first kappa shape index (κ1) is 18.9. The van der Waals surface area contributed by atoms with E-state index in [1.807, 2.05) is 42.4 Å². The van der Waals surface area contributed by atoms with Crippen LogP contribution in [0.1, 0.15) is 18.4 Å². The molecule has 1 aliphatic carbocycles. The van der Waals surface area contributed by atoms with Gasteiger partial charge in [0.15, 0.2) is 11.0 Å². The van der Waals surface area contributed by atoms with E-state index in [-0.39, 0.29) is 5.91 Å². The predicted octanol–water partition coefficient (Wildman–Crippen LogP) is 4.44. The van der Waals surface area contributed by atoms with Gasteiger partial charge in [-0.05, 0) is 37.5 Å². The van der Waals surface area contributed by atoms with Crippen LogP contribution in [0.25, 0.3) is 28.0 Å². The molecule has 0 bridgehead atoms. The van der Waals surface area contributed by atoms with Crippen LogP contribution < -0.4 is 0 Å². The summed E-state index contributed by atoms with van der Waals surface area (Å²) < 4.78 is 2.07. The van der Waals surface area contributed by atoms with Gasteiger partial charge in [-0.25, -0.2) is 0 Å². The summed E-state index contributed by atoms with van der Waals surface area (Å²) in [5, 5.41) is 10.8. The summed E-state index contributed by atoms with van der Waals surface area (Å²) in [6.45, 7) is 2.08. The Morgan fingerprint density at radius 1 is 1.17 bits per heavy atom. The normalized spacial score (nSPS) is 13.7. The molecule has 0 aliphatic heterocycles. The third kappa shape index (κ3) is 3.39. The number of rotatable bonds is 6. The summed E-state index contributed by atoms with van der Waals surface area (Å²) in [5.41, 5.74) is 4.20. The Hall–Kier alpha value is -3.06. The van der Waals surface area contributed by atoms with E-state index in [0.717, 1.165) is 51.5 Å². The Balaban J connectivity index is 1.56. The first-order chi connectivity index (χ1) is 14.6. The largest absolute Gasteiger partial charge is 0.360 e. The number of aromatic nitrogens is 4. The van der Waals surface area contributed by atoms with Crippen molar-refractivity contribution in [1.82, 2.24) is 24.6 Å². The number of nitrogens with zero attached hydrogens (tertiary/aromatic N) is 4. The lowest BCUT2D eigenvalue weighted by molar-refractivity contribution is -0.127. The maximum absolute atomic E-state index is 12.6. The van der Waals surface area contributed by atoms with Crippen LogP contribution in [0.5, 0.6) is 0 Å². The maximum atomic E-state index is 12.6. The number of hydrogen-bond acceptors (Lipinski definition) is 4. The van der Waals surface area contributed by atoms with Crippen LogP contribution in [0.3, 0.4) is 0 Å². The molecule has 30 heavy (non-hydrogen) atoms. The van der Waals surface area contributed by atoms with Crippen LogP contribution in [-0.2, 0) is 4.79 Å². The molecule has 0 atom stereocenters. The standard InChI is InChI=1S/C23H23N5OS/c1-15-7-3-6-10-20(15)28-22(18-13-24-19-9-5-4-8-17(18)19)25-26-23(28)30-14-21(29)27(2)16-11-12-16/h3-10,13,16,24H,11-12,14H2,1-2H3. The Labute approximate surface area is 179 Å². The van der Waals surface area contributed by atoms with Gasteiger partial charge in [0.1, 0.15) is 0 Å². The van der Waals surface area contributed by atoms with Gasteiger partial charge in [-0.1, -0.05) is 48.2 Å². The van der Waals surface area contributed by atoms with E-state index >= 15 is 0 Å². The highest BCUT2D eigenvalue weighted by atomic mass is 32.2. The van der Waals surface area contributed by atoms with Crippen molar-refractivity contribution in [1.29, 1.82) is 0 Å². The number of aromatic amines is 1. The third-order valence-corrected chi connectivity index (χ3v) is 6.55. The summed E-state index contributed by atoms with van der Waals surface area (Å²) in [6, 6.07) is 16.8. The van der Waals surface area contributed by atoms with Crippen molar-refractivity contribution >= 4 is 28.6 Å². The average Bonchev–Trinajstić information content (AvgIpc) is 3.40. The fourth-order valence-corrected chi connectivity index (χ4v) is 4.59. The zero-order valence-corrected chi connectivity index (χ0v) is 17.8. The smallest absolute Gasteiger partial charge is 0.233 e. The Kier molecular flexibility index (Phi) is 4.83. The summed E-state index contributed by atoms with van der Waals surface area (Å²) in [4.78, 5) is 17.8. The number of fused-ring (bicyclic) bond motifs is 1. The maximum Gasteiger partial charge on any atom is 0.233 e. The zero-order chi connectivity index (χ0) is 20.7. The highest BCUT2D eigenvalue weighted by Crippen LogP contribution is 2.33. The van der Waals surface area contributed by atoms with Gasteiger partial charge in [0.05, 0.1) is 11.4 Å². The van der Waals surface area contributed by atoms with E-state index in [2.05, 4.69) is 50.9 Å². The van der Waals surface area contributed by atoms with E-state index in [1.54, 1.807) is 0 Å². The molecule has 5 rings (SSSR count). The predicted molar refractivity (Wildman–Crippen MR) is 120 cm³/mol. The van der Waals surface area contributed by atoms with Crippen LogP contribution in [-0.4, -0.2) is 49.4 Å². The second kappa shape index (κ2) is 7.65. The molecule has 0 spiro atoms. The van der Waals surface area contributed by atoms with Crippen molar-refractivity contribution < 1.29 is 4.79 Å². The Bertz CT molecular complexity index is 1220. The highest BCUT2D eigenvalue weighted by Gasteiger charge is 2.30. The number of aryl methyl sites for hydroxylation is 1. The van der Waals surface area contributed by atoms with Gasteiger partial charge in [0, 0.05) is 35.8 Å². The quantitative estimate of drug-likeness (QED) is 0.471. The van der Waals surface area contributed by atoms with Crippen LogP contribution in [0.15, 0.2) is 59.9 Å². The minimum Gasteiger partial charge on any atom is -0.360 e. The SMILES string of the molecule is Cc1ccccc1-n1c(SCC(=O)N(C)C2CC2)nnc1-c1c[nH]c2ccccc12. The van der Waals surface area contributed by atoms with Crippen molar-refractivity contribution in [2.45, 2.75) is 31.0 Å². The van der Waals surface area contributed by atoms with Crippen molar-refractivity contribution in [3.05, 3.63) is 60.3 Å². The third-order valence-electron chi connectivity index (χ3n) is 5.63. The van der Waals surface area contributed by atoms with Gasteiger partial charge in [-0.3, -0.25) is 9.36 Å². The second-order valence-electron chi connectivity index (χ2n) is 7.70. The lowest BCUT2D eigenvalue weighted by atomic mass is 10.1. The molecule has 2 heterocycles. The van der Waals surface area contributed by atoms with E-state index in [1.165, 1.54) is 11.8 Å². The molecular weight excluding hydrogens is 394 g/mol. The number of H-pyrrole nitrogens is 1. The van der Waals surface area contributed by atoms with Crippen molar-refractivity contribution in [3.8, 4) is 17.1 Å². The summed E-state index contributed by atoms with van der Waals surface area (Å²) in [5.74, 6) is 1.26. The lowest BCUT2D eigenvalue weighted by Gasteiger charge is -2.16. The second-order valence-corrected chi connectivity index (χ2v) is 8.64. The molecule has 2 aromatic heterocycles. The summed E-state index contributed by atoms with van der Waals surface area (Å²) >= 11 is 1.44. The van der Waals surface area contributed by atoms with Crippen LogP contribution in [0.4, 0.5) is 0 Å². The van der Waals surface area contributed by atoms with Gasteiger partial charge in [-0.15, -0.1) is 10.2 Å². The summed E-state index contributed by atoms with van der Waals surface area (Å²) in [7, 11) is 1.89. The minimum atomic E-state index is 0.135. The number of hydrogen-bond donors (Lipinski definition) is 1. The van der Waals surface area contributed by atoms with Gasteiger partial charge in [0.2, 0.25) is 5.91 Å². The molecule has 0 unspecified atom stereocenters. The summed E-state index contributed by atoms with van der Waals surface area (Å²) in [6.07, 6.45) is 4.19. The topological polar surface area (TPSA) is 66.8 Å². The molecule has 1 aliphatic rings. The first-order valence-electron chi connectivity index (χ1n) is 10.1. The van der Waals surface area contributed by atoms with E-state index < -0.39 is 0 Å². The van der Waals surface area contributed by atoms with Crippen LogP contribution >= 0.6 is 11.8 Å². The molecule has 2 aromatic carbocycles. The number of carbonyl (C=O) groups excluding carboxylic acids is 1. The molecule has 0 radical (unpaired) electrons. The molecular formula is C23H23N5OS. The number of benzene rings is 2. The molecule has 1 saturated carbocycles. The highest BCUT2D eigenvalue weighted by molar-refractivity contribution is 7.99. The average molecular weight is 418 g/mol. The number of nitrogens with one attached hydrogen (secondary N) is 1. The van der Waals surface area contributed by atoms with E-state index in [9.17, 15) is 4.79 Å². The van der Waals surface area contributed by atoms with Crippen molar-refractivity contribution in [2.24, 2.45) is 0 Å². The molecule has 6 nitrogen and oxygen atoms in total. The fraction of sp³-hybridized carbons (Fsp3) is 0.261. The van der Waals surface area contributed by atoms with Crippen molar-refractivity contribution in [3.63, 3.8) is 0 Å². The van der Waals surface area contributed by atoms with E-state index in [0.29, 0.717) is 11.8 Å². The van der Waals surface area contributed by atoms with Crippen LogP contribution in [0, 0.1) is 6.92 Å². The van der Waals surface area contributed by atoms with Gasteiger partial charge in [-0.2, -0.15) is 0 Å². The number of para-hydroxylation sites is 2. The molecule has 152 valence electrons. The van der Waals surface area contributed by atoms with Gasteiger partial charge >= 0.3 is 0 Å². The lowest BCUT2D eigenvalue weighted by Crippen LogP contribution is -2.30. The molecule has 1 N–H and O–H groups in total. The zero-order valence-electron chi connectivity index (χ0n) is 17.0. The fourth-order valence-electron chi connectivity index (χ4n) is 3.72. The van der Waals surface area contributed by atoms with E-state index in [4.69, 9.17) is 0 Å². The minimum absolute atomic E-state index is 0.135. The number of carbonyl (C=O) groups is 1. The van der Waals surface area contributed by atoms with Gasteiger partial charge in [0.25, 0.3) is 0 Å². The first-order valence-corrected chi connectivity index (χ1v) is 11.1. The molecule has 4 aromatic rings. The molecule has 1 amide bonds. The monoisotopic (exact) mass is 417 g/mol. The number of thioether (sulfide) groups is 1. The Morgan fingerprint density at radius 2 is 1.93 bits per heavy atom. The van der Waals surface area contributed by atoms with Gasteiger partial charge < -0.3 is 9.88 Å². The van der Waals surface area contributed by atoms with Crippen molar-refractivity contribution in [2.75, 3.05) is 12.8 Å². The van der Waals surface area contributed by atoms with Crippen LogP contribution in [0.2, 0.25) is 0 Å². The molecule has 7 heteroatoms. The molecule has 1 fully saturated rings. The molecule has 0 saturated heterocycles. The number of amides is 1. The Morgan fingerprint density at radius 3 is 2.73 bits per heavy atom.